The Morgan fingerprint density at radius 3 is 2.24 bits per heavy atom. The first-order valence-electron chi connectivity index (χ1n) is 5.84. The molecule has 0 radical (unpaired) electrons. The van der Waals surface area contributed by atoms with Crippen molar-refractivity contribution in [3.63, 3.8) is 0 Å². The predicted molar refractivity (Wildman–Crippen MR) is 62.1 cm³/mol. The summed E-state index contributed by atoms with van der Waals surface area (Å²) in [5.41, 5.74) is -0.153. The number of carbonyl (C=O) groups excluding carboxylic acids is 1. The van der Waals surface area contributed by atoms with Crippen molar-refractivity contribution in [3.05, 3.63) is 34.9 Å². The van der Waals surface area contributed by atoms with Crippen LogP contribution in [0.2, 0.25) is 0 Å². The van der Waals surface area contributed by atoms with Gasteiger partial charge in [-0.3, -0.25) is 4.79 Å². The zero-order chi connectivity index (χ0) is 12.8. The predicted octanol–water partition coefficient (Wildman–Crippen LogP) is 4.07. The van der Waals surface area contributed by atoms with Crippen molar-refractivity contribution in [3.8, 4) is 0 Å². The van der Waals surface area contributed by atoms with Crippen molar-refractivity contribution >= 4 is 5.78 Å². The van der Waals surface area contributed by atoms with Gasteiger partial charge in [0.1, 0.15) is 11.6 Å². The number of rotatable bonds is 2. The normalized spacial score (nSPS) is 16.1. The number of ketones is 1. The highest BCUT2D eigenvalue weighted by Crippen LogP contribution is 2.42. The maximum absolute atomic E-state index is 13.6. The average molecular weight is 238 g/mol. The largest absolute Gasteiger partial charge is 0.293 e. The Balaban J connectivity index is 2.47. The molecule has 1 saturated carbocycles. The Bertz CT molecular complexity index is 468. The van der Waals surface area contributed by atoms with E-state index in [-0.39, 0.29) is 17.3 Å². The summed E-state index contributed by atoms with van der Waals surface area (Å²) in [5, 5.41) is 0. The van der Waals surface area contributed by atoms with Crippen LogP contribution in [0.3, 0.4) is 0 Å². The summed E-state index contributed by atoms with van der Waals surface area (Å²) in [7, 11) is 0. The van der Waals surface area contributed by atoms with Gasteiger partial charge < -0.3 is 0 Å². The molecule has 1 nitrogen and oxygen atoms in total. The van der Waals surface area contributed by atoms with Crippen molar-refractivity contribution in [2.75, 3.05) is 0 Å². The fourth-order valence-electron chi connectivity index (χ4n) is 1.85. The highest BCUT2D eigenvalue weighted by molar-refractivity contribution is 6.00. The van der Waals surface area contributed by atoms with Gasteiger partial charge in [-0.15, -0.1) is 0 Å². The molecule has 2 rings (SSSR count). The summed E-state index contributed by atoms with van der Waals surface area (Å²) in [6, 6.07) is 2.24. The van der Waals surface area contributed by atoms with Gasteiger partial charge in [-0.05, 0) is 30.4 Å². The minimum Gasteiger partial charge on any atom is -0.293 e. The lowest BCUT2D eigenvalue weighted by Crippen LogP contribution is -2.21. The first-order valence-corrected chi connectivity index (χ1v) is 5.84. The van der Waals surface area contributed by atoms with Gasteiger partial charge in [0.05, 0.1) is 5.56 Å². The molecule has 1 aliphatic rings. The van der Waals surface area contributed by atoms with Crippen molar-refractivity contribution in [2.45, 2.75) is 39.5 Å². The standard InChI is InChI=1S/C14H16F2O/c1-14(2,3)13(17)10-6-9(8-4-5-8)11(15)7-12(10)16/h6-8H,4-5H2,1-3H3. The maximum atomic E-state index is 13.6. The summed E-state index contributed by atoms with van der Waals surface area (Å²) in [5.74, 6) is -1.40. The molecule has 0 spiro atoms. The minimum absolute atomic E-state index is 0.0146. The number of carbonyl (C=O) groups is 1. The van der Waals surface area contributed by atoms with Crippen molar-refractivity contribution < 1.29 is 13.6 Å². The number of hydrogen-bond donors (Lipinski definition) is 0. The second-order valence-electron chi connectivity index (χ2n) is 5.71. The second kappa shape index (κ2) is 3.90. The van der Waals surface area contributed by atoms with Crippen molar-refractivity contribution in [1.82, 2.24) is 0 Å². The van der Waals surface area contributed by atoms with E-state index in [1.165, 1.54) is 6.07 Å². The van der Waals surface area contributed by atoms with Crippen LogP contribution in [0.5, 0.6) is 0 Å². The van der Waals surface area contributed by atoms with E-state index in [4.69, 9.17) is 0 Å². The van der Waals surface area contributed by atoms with Gasteiger partial charge in [-0.2, -0.15) is 0 Å². The maximum Gasteiger partial charge on any atom is 0.171 e. The van der Waals surface area contributed by atoms with Crippen LogP contribution in [0.4, 0.5) is 8.78 Å². The van der Waals surface area contributed by atoms with Crippen LogP contribution in [0, 0.1) is 17.0 Å². The molecule has 0 atom stereocenters. The highest BCUT2D eigenvalue weighted by Gasteiger charge is 2.31. The molecule has 0 aliphatic heterocycles. The van der Waals surface area contributed by atoms with Gasteiger partial charge in [-0.25, -0.2) is 8.78 Å². The van der Waals surface area contributed by atoms with Gasteiger partial charge in [0.15, 0.2) is 5.78 Å². The van der Waals surface area contributed by atoms with E-state index in [2.05, 4.69) is 0 Å². The van der Waals surface area contributed by atoms with Crippen LogP contribution < -0.4 is 0 Å². The second-order valence-corrected chi connectivity index (χ2v) is 5.71. The van der Waals surface area contributed by atoms with E-state index in [9.17, 15) is 13.6 Å². The van der Waals surface area contributed by atoms with E-state index in [1.54, 1.807) is 20.8 Å². The Morgan fingerprint density at radius 1 is 1.18 bits per heavy atom. The molecule has 17 heavy (non-hydrogen) atoms. The molecular formula is C14H16F2O. The smallest absolute Gasteiger partial charge is 0.171 e. The Morgan fingerprint density at radius 2 is 1.76 bits per heavy atom. The first kappa shape index (κ1) is 12.2. The Hall–Kier alpha value is -1.25. The molecule has 1 fully saturated rings. The average Bonchev–Trinajstić information content (AvgIpc) is 2.99. The van der Waals surface area contributed by atoms with Crippen LogP contribution in [0.1, 0.15) is 55.5 Å². The molecule has 0 bridgehead atoms. The monoisotopic (exact) mass is 238 g/mol. The Kier molecular flexibility index (Phi) is 2.80. The van der Waals surface area contributed by atoms with Crippen molar-refractivity contribution in [1.29, 1.82) is 0 Å². The van der Waals surface area contributed by atoms with E-state index < -0.39 is 17.0 Å². The lowest BCUT2D eigenvalue weighted by Gasteiger charge is -2.17. The molecule has 0 N–H and O–H groups in total. The van der Waals surface area contributed by atoms with Crippen LogP contribution in [0.25, 0.3) is 0 Å². The van der Waals surface area contributed by atoms with Gasteiger partial charge in [0.25, 0.3) is 0 Å². The van der Waals surface area contributed by atoms with Crippen LogP contribution in [-0.4, -0.2) is 5.78 Å². The molecule has 1 aromatic carbocycles. The van der Waals surface area contributed by atoms with Gasteiger partial charge in [0, 0.05) is 11.5 Å². The third-order valence-electron chi connectivity index (χ3n) is 3.03. The summed E-state index contributed by atoms with van der Waals surface area (Å²) in [6.45, 7) is 5.19. The molecule has 92 valence electrons. The lowest BCUT2D eigenvalue weighted by molar-refractivity contribution is 0.0853. The SMILES string of the molecule is CC(C)(C)C(=O)c1cc(C2CC2)c(F)cc1F. The van der Waals surface area contributed by atoms with E-state index >= 15 is 0 Å². The quantitative estimate of drug-likeness (QED) is 0.710. The Labute approximate surface area is 99.8 Å². The van der Waals surface area contributed by atoms with Gasteiger partial charge >= 0.3 is 0 Å². The number of benzene rings is 1. The van der Waals surface area contributed by atoms with Crippen LogP contribution >= 0.6 is 0 Å². The third-order valence-corrected chi connectivity index (χ3v) is 3.03. The molecule has 3 heteroatoms. The van der Waals surface area contributed by atoms with Gasteiger partial charge in [0.2, 0.25) is 0 Å². The van der Waals surface area contributed by atoms with E-state index in [1.807, 2.05) is 0 Å². The molecular weight excluding hydrogens is 222 g/mol. The molecule has 1 aromatic rings. The zero-order valence-corrected chi connectivity index (χ0v) is 10.3. The summed E-state index contributed by atoms with van der Waals surface area (Å²) in [4.78, 5) is 12.0. The molecule has 0 aromatic heterocycles. The molecule has 0 saturated heterocycles. The van der Waals surface area contributed by atoms with Gasteiger partial charge in [-0.1, -0.05) is 20.8 Å². The summed E-state index contributed by atoms with van der Waals surface area (Å²) in [6.07, 6.45) is 1.84. The summed E-state index contributed by atoms with van der Waals surface area (Å²) < 4.78 is 27.2. The summed E-state index contributed by atoms with van der Waals surface area (Å²) >= 11 is 0. The van der Waals surface area contributed by atoms with E-state index in [0.29, 0.717) is 5.56 Å². The third kappa shape index (κ3) is 2.38. The molecule has 0 heterocycles. The number of hydrogen-bond acceptors (Lipinski definition) is 1. The minimum atomic E-state index is -0.758. The first-order chi connectivity index (χ1) is 7.80. The molecule has 0 unspecified atom stereocenters. The number of Topliss-reactive ketones (excluding diaryl/α,β-unsaturated/α-hetero) is 1. The molecule has 1 aliphatic carbocycles. The topological polar surface area (TPSA) is 17.1 Å². The van der Waals surface area contributed by atoms with Crippen LogP contribution in [-0.2, 0) is 0 Å². The van der Waals surface area contributed by atoms with Crippen LogP contribution in [0.15, 0.2) is 12.1 Å². The fourth-order valence-corrected chi connectivity index (χ4v) is 1.85. The fraction of sp³-hybridized carbons (Fsp3) is 0.500. The lowest BCUT2D eigenvalue weighted by atomic mass is 9.85. The number of halogens is 2. The van der Waals surface area contributed by atoms with E-state index in [0.717, 1.165) is 18.9 Å². The molecule has 0 amide bonds. The van der Waals surface area contributed by atoms with Crippen molar-refractivity contribution in [2.24, 2.45) is 5.41 Å². The highest BCUT2D eigenvalue weighted by atomic mass is 19.1. The zero-order valence-electron chi connectivity index (χ0n) is 10.3.